The minimum atomic E-state index is -3.51. The van der Waals surface area contributed by atoms with E-state index in [0.29, 0.717) is 36.5 Å². The summed E-state index contributed by atoms with van der Waals surface area (Å²) in [7, 11) is -3.51. The molecule has 2 unspecified atom stereocenters. The van der Waals surface area contributed by atoms with Crippen LogP contribution in [0.3, 0.4) is 0 Å². The van der Waals surface area contributed by atoms with E-state index in [0.717, 1.165) is 43.2 Å². The Balaban J connectivity index is 1.50. The number of piperidine rings is 1. The van der Waals surface area contributed by atoms with E-state index < -0.39 is 10.0 Å². The summed E-state index contributed by atoms with van der Waals surface area (Å²) in [6.07, 6.45) is 5.52. The van der Waals surface area contributed by atoms with Crippen molar-refractivity contribution < 1.29 is 13.2 Å². The lowest BCUT2D eigenvalue weighted by Gasteiger charge is -2.29. The lowest BCUT2D eigenvalue weighted by atomic mass is 10.0. The van der Waals surface area contributed by atoms with Crippen molar-refractivity contribution in [1.29, 1.82) is 0 Å². The molecule has 142 valence electrons. The number of hydrogen-bond donors (Lipinski definition) is 2. The smallest absolute Gasteiger partial charge is 0.240 e. The maximum atomic E-state index is 12.9. The molecule has 0 aromatic heterocycles. The molecule has 4 rings (SSSR count). The third-order valence-corrected chi connectivity index (χ3v) is 7.55. The van der Waals surface area contributed by atoms with Crippen LogP contribution in [0.25, 0.3) is 0 Å². The molecular formula is C19H27N3O3S. The van der Waals surface area contributed by atoms with Gasteiger partial charge in [-0.3, -0.25) is 4.79 Å². The lowest BCUT2D eigenvalue weighted by Crippen LogP contribution is -2.47. The van der Waals surface area contributed by atoms with Gasteiger partial charge in [0, 0.05) is 38.1 Å². The van der Waals surface area contributed by atoms with E-state index in [1.165, 1.54) is 0 Å². The van der Waals surface area contributed by atoms with Crippen molar-refractivity contribution in [3.05, 3.63) is 29.3 Å². The zero-order valence-corrected chi connectivity index (χ0v) is 16.0. The van der Waals surface area contributed by atoms with Gasteiger partial charge in [-0.1, -0.05) is 6.07 Å². The predicted octanol–water partition coefficient (Wildman–Crippen LogP) is 1.20. The van der Waals surface area contributed by atoms with Crippen molar-refractivity contribution in [2.75, 3.05) is 13.1 Å². The van der Waals surface area contributed by atoms with Gasteiger partial charge in [0.15, 0.2) is 0 Å². The van der Waals surface area contributed by atoms with Gasteiger partial charge in [0.25, 0.3) is 0 Å². The van der Waals surface area contributed by atoms with E-state index >= 15 is 0 Å². The highest BCUT2D eigenvalue weighted by Gasteiger charge is 2.35. The average Bonchev–Trinajstić information content (AvgIpc) is 2.81. The van der Waals surface area contributed by atoms with Gasteiger partial charge in [0.1, 0.15) is 0 Å². The van der Waals surface area contributed by atoms with Gasteiger partial charge < -0.3 is 10.2 Å². The molecular weight excluding hydrogens is 350 g/mol. The maximum absolute atomic E-state index is 12.9. The van der Waals surface area contributed by atoms with Crippen molar-refractivity contribution in [1.82, 2.24) is 14.9 Å². The first-order valence-electron chi connectivity index (χ1n) is 9.56. The summed E-state index contributed by atoms with van der Waals surface area (Å²) in [5, 5.41) is 3.54. The van der Waals surface area contributed by atoms with Crippen LogP contribution in [0.4, 0.5) is 0 Å². The topological polar surface area (TPSA) is 78.5 Å². The number of sulfonamides is 1. The Morgan fingerprint density at radius 1 is 1.12 bits per heavy atom. The minimum Gasteiger partial charge on any atom is -0.342 e. The fourth-order valence-electron chi connectivity index (χ4n) is 4.62. The Morgan fingerprint density at radius 3 is 2.42 bits per heavy atom. The van der Waals surface area contributed by atoms with E-state index in [1.807, 2.05) is 11.0 Å². The molecule has 1 amide bonds. The molecule has 2 fully saturated rings. The number of nitrogens with zero attached hydrogens (tertiary/aromatic N) is 1. The molecule has 0 saturated carbocycles. The van der Waals surface area contributed by atoms with Gasteiger partial charge in [-0.25, -0.2) is 13.1 Å². The molecule has 3 aliphatic heterocycles. The number of hydrogen-bond acceptors (Lipinski definition) is 4. The van der Waals surface area contributed by atoms with Gasteiger partial charge in [-0.15, -0.1) is 0 Å². The van der Waals surface area contributed by atoms with Crippen LogP contribution in [-0.2, 0) is 27.7 Å². The van der Waals surface area contributed by atoms with Crippen LogP contribution in [0, 0.1) is 0 Å². The molecule has 2 N–H and O–H groups in total. The van der Waals surface area contributed by atoms with E-state index in [9.17, 15) is 13.2 Å². The quantitative estimate of drug-likeness (QED) is 0.830. The molecule has 1 aromatic carbocycles. The second-order valence-electron chi connectivity index (χ2n) is 7.86. The average molecular weight is 378 g/mol. The Morgan fingerprint density at radius 2 is 1.77 bits per heavy atom. The molecule has 1 aromatic rings. The van der Waals surface area contributed by atoms with Crippen molar-refractivity contribution in [3.8, 4) is 0 Å². The number of carbonyl (C=O) groups is 1. The third-order valence-electron chi connectivity index (χ3n) is 6.03. The number of amides is 1. The summed E-state index contributed by atoms with van der Waals surface area (Å²) in [5.74, 6) is 0.0767. The summed E-state index contributed by atoms with van der Waals surface area (Å²) in [6, 6.07) is 6.35. The predicted molar refractivity (Wildman–Crippen MR) is 99.4 cm³/mol. The normalized spacial score (nSPS) is 28.5. The van der Waals surface area contributed by atoms with Gasteiger partial charge in [0.05, 0.1) is 4.90 Å². The summed E-state index contributed by atoms with van der Waals surface area (Å²) < 4.78 is 28.7. The van der Waals surface area contributed by atoms with Crippen molar-refractivity contribution in [2.24, 2.45) is 0 Å². The lowest BCUT2D eigenvalue weighted by molar-refractivity contribution is -0.128. The Bertz CT molecular complexity index is 796. The fraction of sp³-hybridized carbons (Fsp3) is 0.632. The zero-order chi connectivity index (χ0) is 18.3. The first-order chi connectivity index (χ1) is 12.4. The van der Waals surface area contributed by atoms with E-state index in [1.54, 1.807) is 19.1 Å². The standard InChI is InChI=1S/C19H27N3O3S/c1-13(23)22-8-6-14-2-5-19(10-15(14)7-9-22)26(24,25)21-18-11-16-3-4-17(12-18)20-16/h2,5,10,16-18,20-21H,3-4,6-9,11-12H2,1H3. The Hall–Kier alpha value is -1.44. The van der Waals surface area contributed by atoms with Gasteiger partial charge in [-0.05, 0) is 61.8 Å². The number of rotatable bonds is 3. The minimum absolute atomic E-state index is 0.0192. The summed E-state index contributed by atoms with van der Waals surface area (Å²) >= 11 is 0. The van der Waals surface area contributed by atoms with Crippen LogP contribution < -0.4 is 10.0 Å². The molecule has 3 aliphatic rings. The molecule has 3 heterocycles. The summed E-state index contributed by atoms with van der Waals surface area (Å²) in [6.45, 7) is 2.93. The number of nitrogens with one attached hydrogen (secondary N) is 2. The van der Waals surface area contributed by atoms with Crippen molar-refractivity contribution >= 4 is 15.9 Å². The van der Waals surface area contributed by atoms with E-state index in [-0.39, 0.29) is 11.9 Å². The fourth-order valence-corrected chi connectivity index (χ4v) is 5.94. The number of benzene rings is 1. The third kappa shape index (κ3) is 3.66. The van der Waals surface area contributed by atoms with Crippen LogP contribution in [0.1, 0.15) is 43.7 Å². The van der Waals surface area contributed by atoms with Crippen LogP contribution in [-0.4, -0.2) is 50.4 Å². The monoisotopic (exact) mass is 377 g/mol. The van der Waals surface area contributed by atoms with Crippen LogP contribution in [0.15, 0.2) is 23.1 Å². The molecule has 2 atom stereocenters. The second kappa shape index (κ2) is 6.94. The summed E-state index contributed by atoms with van der Waals surface area (Å²) in [4.78, 5) is 13.8. The SMILES string of the molecule is CC(=O)N1CCc2ccc(S(=O)(=O)NC3CC4CCC(C3)N4)cc2CC1. The van der Waals surface area contributed by atoms with Crippen molar-refractivity contribution in [2.45, 2.75) is 68.5 Å². The highest BCUT2D eigenvalue weighted by Crippen LogP contribution is 2.28. The molecule has 6 nitrogen and oxygen atoms in total. The molecule has 7 heteroatoms. The molecule has 2 bridgehead atoms. The molecule has 2 saturated heterocycles. The highest BCUT2D eigenvalue weighted by atomic mass is 32.2. The molecule has 0 radical (unpaired) electrons. The largest absolute Gasteiger partial charge is 0.342 e. The van der Waals surface area contributed by atoms with Gasteiger partial charge in [0.2, 0.25) is 15.9 Å². The van der Waals surface area contributed by atoms with Gasteiger partial charge in [-0.2, -0.15) is 0 Å². The first-order valence-corrected chi connectivity index (χ1v) is 11.0. The Kier molecular flexibility index (Phi) is 4.79. The van der Waals surface area contributed by atoms with Crippen LogP contribution in [0.5, 0.6) is 0 Å². The van der Waals surface area contributed by atoms with Crippen LogP contribution in [0.2, 0.25) is 0 Å². The highest BCUT2D eigenvalue weighted by molar-refractivity contribution is 7.89. The molecule has 0 spiro atoms. The molecule has 26 heavy (non-hydrogen) atoms. The van der Waals surface area contributed by atoms with E-state index in [4.69, 9.17) is 0 Å². The number of fused-ring (bicyclic) bond motifs is 3. The van der Waals surface area contributed by atoms with Crippen molar-refractivity contribution in [3.63, 3.8) is 0 Å². The van der Waals surface area contributed by atoms with Gasteiger partial charge >= 0.3 is 0 Å². The molecule has 0 aliphatic carbocycles. The van der Waals surface area contributed by atoms with E-state index in [2.05, 4.69) is 10.0 Å². The maximum Gasteiger partial charge on any atom is 0.240 e. The zero-order valence-electron chi connectivity index (χ0n) is 15.2. The summed E-state index contributed by atoms with van der Waals surface area (Å²) in [5.41, 5.74) is 2.19. The first kappa shape index (κ1) is 17.9. The number of carbonyl (C=O) groups excluding carboxylic acids is 1. The van der Waals surface area contributed by atoms with Crippen LogP contribution >= 0.6 is 0 Å². The second-order valence-corrected chi connectivity index (χ2v) is 9.58. The Labute approximate surface area is 155 Å².